The zero-order chi connectivity index (χ0) is 12.1. The summed E-state index contributed by atoms with van der Waals surface area (Å²) in [6.07, 6.45) is 5.59. The Kier molecular flexibility index (Phi) is 5.21. The van der Waals surface area contributed by atoms with Gasteiger partial charge in [0.25, 0.3) is 0 Å². The second-order valence-corrected chi connectivity index (χ2v) is 6.77. The van der Waals surface area contributed by atoms with Crippen molar-refractivity contribution in [2.45, 2.75) is 39.0 Å². The highest BCUT2D eigenvalue weighted by Gasteiger charge is 2.34. The fourth-order valence-corrected chi connectivity index (χ4v) is 3.05. The Morgan fingerprint density at radius 3 is 2.44 bits per heavy atom. The van der Waals surface area contributed by atoms with E-state index in [2.05, 4.69) is 4.72 Å². The van der Waals surface area contributed by atoms with Crippen LogP contribution < -0.4 is 4.72 Å². The highest BCUT2D eigenvalue weighted by molar-refractivity contribution is 7.89. The summed E-state index contributed by atoms with van der Waals surface area (Å²) in [4.78, 5) is 0. The molecule has 0 unspecified atom stereocenters. The van der Waals surface area contributed by atoms with E-state index in [4.69, 9.17) is 4.74 Å². The van der Waals surface area contributed by atoms with Gasteiger partial charge >= 0.3 is 0 Å². The number of ether oxygens (including phenoxy) is 1. The summed E-state index contributed by atoms with van der Waals surface area (Å²) >= 11 is 0. The van der Waals surface area contributed by atoms with Gasteiger partial charge in [-0.1, -0.05) is 12.8 Å². The molecule has 1 aliphatic carbocycles. The van der Waals surface area contributed by atoms with Crippen molar-refractivity contribution in [3.63, 3.8) is 0 Å². The zero-order valence-electron chi connectivity index (χ0n) is 10.3. The Morgan fingerprint density at radius 1 is 1.31 bits per heavy atom. The van der Waals surface area contributed by atoms with Crippen LogP contribution in [-0.4, -0.2) is 34.4 Å². The van der Waals surface area contributed by atoms with Gasteiger partial charge in [-0.3, -0.25) is 0 Å². The normalized spacial score (nSPS) is 20.1. The fourth-order valence-electron chi connectivity index (χ4n) is 2.32. The molecule has 1 fully saturated rings. The van der Waals surface area contributed by atoms with Gasteiger partial charge in [-0.05, 0) is 31.6 Å². The number of methoxy groups -OCH3 is 1. The van der Waals surface area contributed by atoms with Gasteiger partial charge in [-0.2, -0.15) is 0 Å². The van der Waals surface area contributed by atoms with Gasteiger partial charge in [0.1, 0.15) is 0 Å². The lowest BCUT2D eigenvalue weighted by Gasteiger charge is -2.28. The molecule has 16 heavy (non-hydrogen) atoms. The Labute approximate surface area is 98.8 Å². The van der Waals surface area contributed by atoms with Crippen LogP contribution in [0.5, 0.6) is 0 Å². The van der Waals surface area contributed by atoms with E-state index in [1.807, 2.05) is 0 Å². The summed E-state index contributed by atoms with van der Waals surface area (Å²) in [5.74, 6) is 0.160. The maximum absolute atomic E-state index is 11.4. The van der Waals surface area contributed by atoms with Gasteiger partial charge in [0.2, 0.25) is 10.0 Å². The molecule has 0 amide bonds. The molecule has 0 bridgehead atoms. The molecule has 0 aromatic rings. The lowest BCUT2D eigenvalue weighted by atomic mass is 9.83. The first-order valence-electron chi connectivity index (χ1n) is 6.00. The molecular weight excluding hydrogens is 226 g/mol. The zero-order valence-corrected chi connectivity index (χ0v) is 11.1. The monoisotopic (exact) mass is 249 g/mol. The van der Waals surface area contributed by atoms with Gasteiger partial charge in [0.15, 0.2) is 0 Å². The summed E-state index contributed by atoms with van der Waals surface area (Å²) in [6.45, 7) is 2.96. The van der Waals surface area contributed by atoms with E-state index in [1.165, 1.54) is 12.8 Å². The van der Waals surface area contributed by atoms with Crippen molar-refractivity contribution < 1.29 is 13.2 Å². The van der Waals surface area contributed by atoms with E-state index < -0.39 is 10.0 Å². The molecule has 96 valence electrons. The van der Waals surface area contributed by atoms with Crippen LogP contribution in [-0.2, 0) is 14.8 Å². The first kappa shape index (κ1) is 13.9. The molecule has 1 aliphatic rings. The highest BCUT2D eigenvalue weighted by atomic mass is 32.2. The van der Waals surface area contributed by atoms with Crippen LogP contribution in [0.2, 0.25) is 0 Å². The smallest absolute Gasteiger partial charge is 0.211 e. The van der Waals surface area contributed by atoms with Crippen molar-refractivity contribution in [3.8, 4) is 0 Å². The molecule has 0 heterocycles. The average Bonchev–Trinajstić information content (AvgIpc) is 2.74. The maximum Gasteiger partial charge on any atom is 0.211 e. The van der Waals surface area contributed by atoms with Crippen LogP contribution >= 0.6 is 0 Å². The third kappa shape index (κ3) is 4.03. The van der Waals surface area contributed by atoms with Crippen molar-refractivity contribution in [3.05, 3.63) is 0 Å². The minimum atomic E-state index is -3.06. The topological polar surface area (TPSA) is 55.4 Å². The number of hydrogen-bond acceptors (Lipinski definition) is 3. The molecular formula is C11H23NO3S. The van der Waals surface area contributed by atoms with Gasteiger partial charge in [0.05, 0.1) is 5.75 Å². The van der Waals surface area contributed by atoms with Crippen molar-refractivity contribution >= 4 is 10.0 Å². The molecule has 0 saturated heterocycles. The second kappa shape index (κ2) is 5.98. The van der Waals surface area contributed by atoms with E-state index in [0.29, 0.717) is 13.2 Å². The summed E-state index contributed by atoms with van der Waals surface area (Å²) < 4.78 is 30.7. The second-order valence-electron chi connectivity index (χ2n) is 4.67. The minimum absolute atomic E-state index is 0.137. The fraction of sp³-hybridized carbons (Fsp3) is 1.00. The van der Waals surface area contributed by atoms with Crippen molar-refractivity contribution in [1.82, 2.24) is 4.72 Å². The van der Waals surface area contributed by atoms with E-state index in [1.54, 1.807) is 14.0 Å². The summed E-state index contributed by atoms with van der Waals surface area (Å²) in [7, 11) is -1.37. The van der Waals surface area contributed by atoms with E-state index >= 15 is 0 Å². The van der Waals surface area contributed by atoms with Crippen LogP contribution in [0.1, 0.15) is 39.0 Å². The lowest BCUT2D eigenvalue weighted by molar-refractivity contribution is 0.139. The molecule has 0 aromatic carbocycles. The Bertz CT molecular complexity index is 294. The van der Waals surface area contributed by atoms with Crippen LogP contribution in [0, 0.1) is 5.41 Å². The molecule has 0 aromatic heterocycles. The molecule has 0 radical (unpaired) electrons. The van der Waals surface area contributed by atoms with Gasteiger partial charge in [-0.25, -0.2) is 13.1 Å². The van der Waals surface area contributed by atoms with Crippen LogP contribution in [0.4, 0.5) is 0 Å². The van der Waals surface area contributed by atoms with E-state index in [9.17, 15) is 8.42 Å². The molecule has 5 heteroatoms. The molecule has 1 rings (SSSR count). The number of sulfonamides is 1. The largest absolute Gasteiger partial charge is 0.385 e. The SMILES string of the molecule is CCS(=O)(=O)NCC1(CCOC)CCCC1. The number of rotatable bonds is 7. The van der Waals surface area contributed by atoms with Gasteiger partial charge in [-0.15, -0.1) is 0 Å². The van der Waals surface area contributed by atoms with Gasteiger partial charge in [0, 0.05) is 20.3 Å². The predicted octanol–water partition coefficient (Wildman–Crippen LogP) is 1.52. The first-order chi connectivity index (χ1) is 7.54. The van der Waals surface area contributed by atoms with Gasteiger partial charge < -0.3 is 4.74 Å². The minimum Gasteiger partial charge on any atom is -0.385 e. The summed E-state index contributed by atoms with van der Waals surface area (Å²) in [6, 6.07) is 0. The molecule has 1 N–H and O–H groups in total. The average molecular weight is 249 g/mol. The third-order valence-electron chi connectivity index (χ3n) is 3.55. The van der Waals surface area contributed by atoms with Crippen molar-refractivity contribution in [2.24, 2.45) is 5.41 Å². The van der Waals surface area contributed by atoms with Crippen LogP contribution in [0.3, 0.4) is 0 Å². The molecule has 4 nitrogen and oxygen atoms in total. The Balaban J connectivity index is 2.51. The third-order valence-corrected chi connectivity index (χ3v) is 4.89. The number of nitrogens with one attached hydrogen (secondary N) is 1. The Hall–Kier alpha value is -0.130. The van der Waals surface area contributed by atoms with E-state index in [0.717, 1.165) is 19.3 Å². The predicted molar refractivity (Wildman–Crippen MR) is 64.9 cm³/mol. The summed E-state index contributed by atoms with van der Waals surface area (Å²) in [5, 5.41) is 0. The van der Waals surface area contributed by atoms with Crippen LogP contribution in [0.15, 0.2) is 0 Å². The Morgan fingerprint density at radius 2 is 1.94 bits per heavy atom. The molecule has 1 saturated carbocycles. The first-order valence-corrected chi connectivity index (χ1v) is 7.65. The molecule has 0 atom stereocenters. The van der Waals surface area contributed by atoms with Crippen molar-refractivity contribution in [1.29, 1.82) is 0 Å². The standard InChI is InChI=1S/C11H23NO3S/c1-3-16(13,14)12-10-11(8-9-15-2)6-4-5-7-11/h12H,3-10H2,1-2H3. The van der Waals surface area contributed by atoms with Crippen molar-refractivity contribution in [2.75, 3.05) is 26.0 Å². The van der Waals surface area contributed by atoms with Crippen LogP contribution in [0.25, 0.3) is 0 Å². The summed E-state index contributed by atoms with van der Waals surface area (Å²) in [5.41, 5.74) is 0.137. The maximum atomic E-state index is 11.4. The highest BCUT2D eigenvalue weighted by Crippen LogP contribution is 2.40. The van der Waals surface area contributed by atoms with E-state index in [-0.39, 0.29) is 11.2 Å². The number of hydrogen-bond donors (Lipinski definition) is 1. The quantitative estimate of drug-likeness (QED) is 0.744. The molecule has 0 aliphatic heterocycles. The molecule has 0 spiro atoms. The lowest BCUT2D eigenvalue weighted by Crippen LogP contribution is -2.37.